The van der Waals surface area contributed by atoms with E-state index in [1.54, 1.807) is 12.1 Å². The van der Waals surface area contributed by atoms with E-state index in [-0.39, 0.29) is 17.7 Å². The topological polar surface area (TPSA) is 86.1 Å². The lowest BCUT2D eigenvalue weighted by molar-refractivity contribution is -0.112. The third kappa shape index (κ3) is 4.46. The van der Waals surface area contributed by atoms with E-state index in [2.05, 4.69) is 15.4 Å². The van der Waals surface area contributed by atoms with E-state index in [1.807, 2.05) is 10.9 Å². The molecule has 1 saturated carbocycles. The number of halogens is 2. The molecule has 1 fully saturated rings. The third-order valence-corrected chi connectivity index (χ3v) is 5.83. The highest BCUT2D eigenvalue weighted by Crippen LogP contribution is 2.34. The molecule has 0 saturated heterocycles. The predicted octanol–water partition coefficient (Wildman–Crippen LogP) is 4.73. The van der Waals surface area contributed by atoms with Gasteiger partial charge >= 0.3 is 0 Å². The Balaban J connectivity index is 1.59. The molecule has 1 N–H and O–H groups in total. The van der Waals surface area contributed by atoms with Crippen LogP contribution in [0.5, 0.6) is 5.75 Å². The summed E-state index contributed by atoms with van der Waals surface area (Å²) in [5.74, 6) is -3.24. The molecule has 1 amide bonds. The SMILES string of the molecule is COc1cc2nn([C@H]3CC[C@H](C=O)CC3)cc2cc1NC(=O)c1cccc(C(C)(F)F)n1. The van der Waals surface area contributed by atoms with Crippen molar-refractivity contribution in [3.63, 3.8) is 0 Å². The number of rotatable bonds is 6. The van der Waals surface area contributed by atoms with Crippen molar-refractivity contribution < 1.29 is 23.1 Å². The number of fused-ring (bicyclic) bond motifs is 1. The molecule has 4 rings (SSSR count). The molecule has 0 unspecified atom stereocenters. The molecule has 1 aliphatic rings. The number of carbonyl (C=O) groups excluding carboxylic acids is 2. The number of hydrogen-bond donors (Lipinski definition) is 1. The third-order valence-electron chi connectivity index (χ3n) is 5.83. The number of aldehydes is 1. The van der Waals surface area contributed by atoms with E-state index in [0.29, 0.717) is 17.0 Å². The van der Waals surface area contributed by atoms with Crippen LogP contribution in [0.4, 0.5) is 14.5 Å². The molecule has 0 radical (unpaired) electrons. The van der Waals surface area contributed by atoms with Crippen molar-refractivity contribution in [3.05, 3.63) is 47.9 Å². The van der Waals surface area contributed by atoms with Gasteiger partial charge in [0.15, 0.2) is 0 Å². The summed E-state index contributed by atoms with van der Waals surface area (Å²) in [7, 11) is 1.48. The number of pyridine rings is 1. The number of anilines is 1. The van der Waals surface area contributed by atoms with Crippen LogP contribution in [0.1, 0.15) is 54.8 Å². The first kappa shape index (κ1) is 21.9. The Hall–Kier alpha value is -3.36. The van der Waals surface area contributed by atoms with Gasteiger partial charge in [0.1, 0.15) is 23.4 Å². The van der Waals surface area contributed by atoms with Gasteiger partial charge in [-0.3, -0.25) is 9.48 Å². The Morgan fingerprint density at radius 1 is 1.25 bits per heavy atom. The standard InChI is InChI=1S/C23H24F2N4O3/c1-23(24,25)21-5-3-4-17(26-21)22(31)27-19-10-15-12-29(28-18(15)11-20(19)32-2)16-8-6-14(13-30)7-9-16/h3-5,10-14,16H,6-9H2,1-2H3,(H,27,31)/t14-,16-. The van der Waals surface area contributed by atoms with E-state index in [9.17, 15) is 18.4 Å². The van der Waals surface area contributed by atoms with Crippen LogP contribution >= 0.6 is 0 Å². The lowest BCUT2D eigenvalue weighted by Gasteiger charge is -2.25. The molecule has 1 aromatic carbocycles. The maximum Gasteiger partial charge on any atom is 0.287 e. The van der Waals surface area contributed by atoms with Gasteiger partial charge in [0, 0.05) is 30.5 Å². The zero-order valence-corrected chi connectivity index (χ0v) is 17.8. The van der Waals surface area contributed by atoms with Gasteiger partial charge in [-0.2, -0.15) is 13.9 Å². The molecule has 0 aliphatic heterocycles. The number of hydrogen-bond acceptors (Lipinski definition) is 5. The summed E-state index contributed by atoms with van der Waals surface area (Å²) >= 11 is 0. The summed E-state index contributed by atoms with van der Waals surface area (Å²) in [4.78, 5) is 27.5. The number of alkyl halides is 2. The summed E-state index contributed by atoms with van der Waals surface area (Å²) in [5.41, 5.74) is 0.514. The second kappa shape index (κ2) is 8.64. The second-order valence-corrected chi connectivity index (χ2v) is 8.18. The molecule has 3 aromatic rings. The zero-order chi connectivity index (χ0) is 22.9. The fraction of sp³-hybridized carbons (Fsp3) is 0.391. The van der Waals surface area contributed by atoms with Crippen LogP contribution < -0.4 is 10.1 Å². The Kier molecular flexibility index (Phi) is 5.90. The molecule has 9 heteroatoms. The largest absolute Gasteiger partial charge is 0.494 e. The molecule has 1 aliphatic carbocycles. The van der Waals surface area contributed by atoms with Gasteiger partial charge in [-0.15, -0.1) is 0 Å². The van der Waals surface area contributed by atoms with Gasteiger partial charge < -0.3 is 14.8 Å². The van der Waals surface area contributed by atoms with E-state index in [0.717, 1.165) is 44.3 Å². The number of benzene rings is 1. The van der Waals surface area contributed by atoms with E-state index < -0.39 is 17.5 Å². The fourth-order valence-electron chi connectivity index (χ4n) is 4.02. The Morgan fingerprint density at radius 3 is 2.66 bits per heavy atom. The number of methoxy groups -OCH3 is 1. The maximum absolute atomic E-state index is 13.6. The lowest BCUT2D eigenvalue weighted by Crippen LogP contribution is -2.19. The fourth-order valence-corrected chi connectivity index (χ4v) is 4.02. The number of carbonyl (C=O) groups is 2. The molecule has 0 atom stereocenters. The number of aromatic nitrogens is 3. The summed E-state index contributed by atoms with van der Waals surface area (Å²) in [5, 5.41) is 8.16. The molecule has 7 nitrogen and oxygen atoms in total. The smallest absolute Gasteiger partial charge is 0.287 e. The van der Waals surface area contributed by atoms with Gasteiger partial charge in [-0.25, -0.2) is 4.98 Å². The second-order valence-electron chi connectivity index (χ2n) is 8.18. The minimum absolute atomic E-state index is 0.117. The van der Waals surface area contributed by atoms with E-state index in [1.165, 1.54) is 25.3 Å². The Bertz CT molecular complexity index is 1150. The average molecular weight is 442 g/mol. The lowest BCUT2D eigenvalue weighted by atomic mass is 9.87. The highest BCUT2D eigenvalue weighted by Gasteiger charge is 2.27. The Labute approximate surface area is 183 Å². The van der Waals surface area contributed by atoms with Crippen molar-refractivity contribution in [2.24, 2.45) is 5.92 Å². The van der Waals surface area contributed by atoms with Crippen molar-refractivity contribution in [3.8, 4) is 5.75 Å². The monoisotopic (exact) mass is 442 g/mol. The van der Waals surface area contributed by atoms with Crippen LogP contribution in [0.3, 0.4) is 0 Å². The highest BCUT2D eigenvalue weighted by atomic mass is 19.3. The molecule has 2 aromatic heterocycles. The molecule has 0 spiro atoms. The summed E-state index contributed by atoms with van der Waals surface area (Å²) < 4.78 is 34.5. The van der Waals surface area contributed by atoms with Crippen LogP contribution in [0.2, 0.25) is 0 Å². The quantitative estimate of drug-likeness (QED) is 0.558. The van der Waals surface area contributed by atoms with Gasteiger partial charge in [-0.05, 0) is 43.9 Å². The van der Waals surface area contributed by atoms with Crippen molar-refractivity contribution in [1.82, 2.24) is 14.8 Å². The summed E-state index contributed by atoms with van der Waals surface area (Å²) in [6, 6.07) is 7.61. The molecular weight excluding hydrogens is 418 g/mol. The minimum atomic E-state index is -3.15. The van der Waals surface area contributed by atoms with Crippen LogP contribution in [-0.2, 0) is 10.7 Å². The number of nitrogens with zero attached hydrogens (tertiary/aromatic N) is 3. The summed E-state index contributed by atoms with van der Waals surface area (Å²) in [6.45, 7) is 0.733. The zero-order valence-electron chi connectivity index (χ0n) is 17.8. The Morgan fingerprint density at radius 2 is 2.00 bits per heavy atom. The van der Waals surface area contributed by atoms with Gasteiger partial charge in [0.05, 0.1) is 24.4 Å². The number of ether oxygens (including phenoxy) is 1. The van der Waals surface area contributed by atoms with Crippen LogP contribution in [0.15, 0.2) is 36.5 Å². The molecule has 2 heterocycles. The van der Waals surface area contributed by atoms with Gasteiger partial charge in [0.2, 0.25) is 0 Å². The molecule has 168 valence electrons. The predicted molar refractivity (Wildman–Crippen MR) is 115 cm³/mol. The minimum Gasteiger partial charge on any atom is -0.494 e. The maximum atomic E-state index is 13.6. The first-order chi connectivity index (χ1) is 15.3. The van der Waals surface area contributed by atoms with E-state index >= 15 is 0 Å². The summed E-state index contributed by atoms with van der Waals surface area (Å²) in [6.07, 6.45) is 6.38. The van der Waals surface area contributed by atoms with E-state index in [4.69, 9.17) is 4.74 Å². The number of amides is 1. The van der Waals surface area contributed by atoms with Crippen molar-refractivity contribution in [2.45, 2.75) is 44.6 Å². The van der Waals surface area contributed by atoms with Crippen molar-refractivity contribution in [2.75, 3.05) is 12.4 Å². The average Bonchev–Trinajstić information content (AvgIpc) is 3.21. The normalized spacial score (nSPS) is 19.0. The highest BCUT2D eigenvalue weighted by molar-refractivity contribution is 6.05. The van der Waals surface area contributed by atoms with Crippen LogP contribution in [0.25, 0.3) is 10.9 Å². The first-order valence-electron chi connectivity index (χ1n) is 10.5. The van der Waals surface area contributed by atoms with Crippen molar-refractivity contribution >= 4 is 28.8 Å². The number of nitrogens with one attached hydrogen (secondary N) is 1. The first-order valence-corrected chi connectivity index (χ1v) is 10.5. The molecule has 0 bridgehead atoms. The van der Waals surface area contributed by atoms with Crippen molar-refractivity contribution in [1.29, 1.82) is 0 Å². The molecular formula is C23H24F2N4O3. The van der Waals surface area contributed by atoms with Crippen LogP contribution in [0, 0.1) is 5.92 Å². The van der Waals surface area contributed by atoms with Gasteiger partial charge in [0.25, 0.3) is 11.8 Å². The van der Waals surface area contributed by atoms with Gasteiger partial charge in [-0.1, -0.05) is 6.07 Å². The van der Waals surface area contributed by atoms with Crippen LogP contribution in [-0.4, -0.2) is 34.1 Å². The molecule has 32 heavy (non-hydrogen) atoms.